The van der Waals surface area contributed by atoms with Crippen molar-refractivity contribution in [3.8, 4) is 0 Å². The fourth-order valence-electron chi connectivity index (χ4n) is 2.69. The Bertz CT molecular complexity index is 528. The zero-order valence-electron chi connectivity index (χ0n) is 13.1. The summed E-state index contributed by atoms with van der Waals surface area (Å²) in [6.45, 7) is 5.03. The van der Waals surface area contributed by atoms with E-state index in [0.717, 1.165) is 30.7 Å². The Morgan fingerprint density at radius 2 is 1.83 bits per heavy atom. The van der Waals surface area contributed by atoms with Gasteiger partial charge in [0, 0.05) is 32.7 Å². The largest absolute Gasteiger partial charge is 0.416 e. The molecule has 2 rings (SSSR count). The molecule has 0 radical (unpaired) electrons. The number of rotatable bonds is 3. The van der Waals surface area contributed by atoms with Gasteiger partial charge in [-0.2, -0.15) is 13.2 Å². The molecule has 128 valence electrons. The lowest BCUT2D eigenvalue weighted by Gasteiger charge is -2.23. The van der Waals surface area contributed by atoms with E-state index >= 15 is 0 Å². The number of carbonyl (C=O) groups excluding carboxylic acids is 1. The van der Waals surface area contributed by atoms with E-state index in [9.17, 15) is 18.0 Å². The molecule has 23 heavy (non-hydrogen) atoms. The number of hydrogen-bond acceptors (Lipinski definition) is 3. The Labute approximate surface area is 134 Å². The summed E-state index contributed by atoms with van der Waals surface area (Å²) in [7, 11) is 0. The quantitative estimate of drug-likeness (QED) is 0.924. The summed E-state index contributed by atoms with van der Waals surface area (Å²) in [5.41, 5.74) is 5.83. The first-order valence-electron chi connectivity index (χ1n) is 7.70. The number of halogens is 3. The van der Waals surface area contributed by atoms with Crippen LogP contribution >= 0.6 is 0 Å². The van der Waals surface area contributed by atoms with Gasteiger partial charge in [0.15, 0.2) is 0 Å². The monoisotopic (exact) mass is 329 g/mol. The highest BCUT2D eigenvalue weighted by atomic mass is 19.4. The minimum atomic E-state index is -4.30. The number of carbonyl (C=O) groups is 1. The van der Waals surface area contributed by atoms with Gasteiger partial charge in [0.1, 0.15) is 0 Å². The topological polar surface area (TPSA) is 49.6 Å². The fourth-order valence-corrected chi connectivity index (χ4v) is 2.69. The van der Waals surface area contributed by atoms with Crippen LogP contribution in [-0.2, 0) is 17.5 Å². The van der Waals surface area contributed by atoms with Crippen molar-refractivity contribution in [3.63, 3.8) is 0 Å². The molecule has 1 fully saturated rings. The van der Waals surface area contributed by atoms with E-state index in [4.69, 9.17) is 5.73 Å². The number of hydrogen-bond donors (Lipinski definition) is 1. The first-order chi connectivity index (χ1) is 10.8. The normalized spacial score (nSPS) is 18.6. The lowest BCUT2D eigenvalue weighted by Crippen LogP contribution is -2.43. The van der Waals surface area contributed by atoms with Gasteiger partial charge in [0.25, 0.3) is 0 Å². The molecule has 0 bridgehead atoms. The maximum absolute atomic E-state index is 12.6. The molecule has 1 saturated heterocycles. The highest BCUT2D eigenvalue weighted by Crippen LogP contribution is 2.29. The van der Waals surface area contributed by atoms with Gasteiger partial charge in [0.2, 0.25) is 5.91 Å². The molecule has 0 unspecified atom stereocenters. The van der Waals surface area contributed by atoms with E-state index in [1.165, 1.54) is 12.1 Å². The third-order valence-corrected chi connectivity index (χ3v) is 3.98. The van der Waals surface area contributed by atoms with Gasteiger partial charge >= 0.3 is 6.18 Å². The summed E-state index contributed by atoms with van der Waals surface area (Å²) >= 11 is 0. The molecule has 1 aliphatic rings. The molecular formula is C16H22F3N3O. The van der Waals surface area contributed by atoms with Crippen LogP contribution in [0.1, 0.15) is 24.5 Å². The number of alkyl halides is 3. The van der Waals surface area contributed by atoms with Crippen molar-refractivity contribution >= 4 is 5.91 Å². The zero-order valence-corrected chi connectivity index (χ0v) is 13.1. The second kappa shape index (κ2) is 7.31. The van der Waals surface area contributed by atoms with E-state index in [0.29, 0.717) is 26.2 Å². The Balaban J connectivity index is 1.92. The maximum atomic E-state index is 12.6. The summed E-state index contributed by atoms with van der Waals surface area (Å²) in [4.78, 5) is 15.8. The van der Waals surface area contributed by atoms with Gasteiger partial charge in [-0.1, -0.05) is 12.1 Å². The number of benzene rings is 1. The van der Waals surface area contributed by atoms with Crippen LogP contribution in [0.4, 0.5) is 13.2 Å². The fraction of sp³-hybridized carbons (Fsp3) is 0.562. The molecule has 1 amide bonds. The molecule has 4 nitrogen and oxygen atoms in total. The van der Waals surface area contributed by atoms with Crippen LogP contribution in [0.15, 0.2) is 24.3 Å². The second-order valence-corrected chi connectivity index (χ2v) is 5.94. The average molecular weight is 329 g/mol. The third kappa shape index (κ3) is 4.94. The Kier molecular flexibility index (Phi) is 5.64. The lowest BCUT2D eigenvalue weighted by atomic mass is 10.1. The smallest absolute Gasteiger partial charge is 0.340 e. The number of nitrogens with two attached hydrogens (primary N) is 1. The molecule has 1 aromatic carbocycles. The van der Waals surface area contributed by atoms with E-state index in [1.54, 1.807) is 11.8 Å². The predicted molar refractivity (Wildman–Crippen MR) is 81.6 cm³/mol. The molecule has 0 spiro atoms. The van der Waals surface area contributed by atoms with E-state index in [1.807, 2.05) is 0 Å². The molecule has 1 heterocycles. The molecule has 7 heteroatoms. The summed E-state index contributed by atoms with van der Waals surface area (Å²) in [5.74, 6) is -0.0543. The number of amides is 1. The van der Waals surface area contributed by atoms with Crippen LogP contribution < -0.4 is 5.73 Å². The molecule has 0 aromatic heterocycles. The Morgan fingerprint density at radius 1 is 1.17 bits per heavy atom. The van der Waals surface area contributed by atoms with Crippen molar-refractivity contribution in [2.45, 2.75) is 32.1 Å². The summed E-state index contributed by atoms with van der Waals surface area (Å²) < 4.78 is 37.7. The van der Waals surface area contributed by atoms with Crippen LogP contribution in [0, 0.1) is 0 Å². The lowest BCUT2D eigenvalue weighted by molar-refractivity contribution is -0.137. The van der Waals surface area contributed by atoms with Crippen LogP contribution in [0.25, 0.3) is 0 Å². The molecule has 1 atom stereocenters. The van der Waals surface area contributed by atoms with Crippen molar-refractivity contribution < 1.29 is 18.0 Å². The molecule has 1 aromatic rings. The molecule has 0 saturated carbocycles. The van der Waals surface area contributed by atoms with Crippen LogP contribution in [0.2, 0.25) is 0 Å². The first-order valence-corrected chi connectivity index (χ1v) is 7.70. The highest BCUT2D eigenvalue weighted by molar-refractivity contribution is 5.81. The average Bonchev–Trinajstić information content (AvgIpc) is 2.71. The summed E-state index contributed by atoms with van der Waals surface area (Å²) in [6.07, 6.45) is -3.47. The van der Waals surface area contributed by atoms with Gasteiger partial charge in [0.05, 0.1) is 11.6 Å². The van der Waals surface area contributed by atoms with Gasteiger partial charge in [-0.15, -0.1) is 0 Å². The van der Waals surface area contributed by atoms with E-state index in [2.05, 4.69) is 4.90 Å². The third-order valence-electron chi connectivity index (χ3n) is 3.98. The number of nitrogens with zero attached hydrogens (tertiary/aromatic N) is 2. The summed E-state index contributed by atoms with van der Waals surface area (Å²) in [5, 5.41) is 0. The van der Waals surface area contributed by atoms with Gasteiger partial charge in [-0.05, 0) is 31.0 Å². The minimum Gasteiger partial charge on any atom is -0.340 e. The molecule has 0 aliphatic carbocycles. The van der Waals surface area contributed by atoms with E-state index in [-0.39, 0.29) is 5.91 Å². The van der Waals surface area contributed by atoms with E-state index < -0.39 is 17.8 Å². The van der Waals surface area contributed by atoms with Crippen molar-refractivity contribution in [2.75, 3.05) is 26.2 Å². The zero-order chi connectivity index (χ0) is 17.0. The maximum Gasteiger partial charge on any atom is 0.416 e. The molecular weight excluding hydrogens is 307 g/mol. The molecule has 1 aliphatic heterocycles. The van der Waals surface area contributed by atoms with Crippen molar-refractivity contribution in [1.82, 2.24) is 9.80 Å². The van der Waals surface area contributed by atoms with Crippen molar-refractivity contribution in [1.29, 1.82) is 0 Å². The standard InChI is InChI=1S/C16H22F3N3O/c1-12(20)15(23)22-8-2-7-21(9-10-22)11-13-3-5-14(6-4-13)16(17,18)19/h3-6,12H,2,7-11,20H2,1H3/t12-/m1/s1. The van der Waals surface area contributed by atoms with Crippen molar-refractivity contribution in [2.24, 2.45) is 5.73 Å². The predicted octanol–water partition coefficient (Wildman–Crippen LogP) is 2.09. The van der Waals surface area contributed by atoms with Crippen LogP contribution in [0.3, 0.4) is 0 Å². The van der Waals surface area contributed by atoms with Crippen LogP contribution in [-0.4, -0.2) is 47.9 Å². The van der Waals surface area contributed by atoms with Gasteiger partial charge in [-0.3, -0.25) is 9.69 Å². The minimum absolute atomic E-state index is 0.0543. The van der Waals surface area contributed by atoms with Gasteiger partial charge < -0.3 is 10.6 Å². The van der Waals surface area contributed by atoms with Crippen molar-refractivity contribution in [3.05, 3.63) is 35.4 Å². The Morgan fingerprint density at radius 3 is 2.39 bits per heavy atom. The van der Waals surface area contributed by atoms with Crippen LogP contribution in [0.5, 0.6) is 0 Å². The Hall–Kier alpha value is -1.60. The summed E-state index contributed by atoms with van der Waals surface area (Å²) in [6, 6.07) is 4.74. The first kappa shape index (κ1) is 17.7. The highest BCUT2D eigenvalue weighted by Gasteiger charge is 2.30. The van der Waals surface area contributed by atoms with Gasteiger partial charge in [-0.25, -0.2) is 0 Å². The molecule has 2 N–H and O–H groups in total. The SMILES string of the molecule is C[C@@H](N)C(=O)N1CCCN(Cc2ccc(C(F)(F)F)cc2)CC1. The second-order valence-electron chi connectivity index (χ2n) is 5.94.